The van der Waals surface area contributed by atoms with Crippen molar-refractivity contribution in [1.29, 1.82) is 0 Å². The third-order valence-corrected chi connectivity index (χ3v) is 8.66. The van der Waals surface area contributed by atoms with Gasteiger partial charge in [-0.3, -0.25) is 14.9 Å². The quantitative estimate of drug-likeness (QED) is 0.292. The van der Waals surface area contributed by atoms with Gasteiger partial charge >= 0.3 is 5.97 Å². The van der Waals surface area contributed by atoms with E-state index in [1.54, 1.807) is 0 Å². The first-order chi connectivity index (χ1) is 18.6. The Morgan fingerprint density at radius 2 is 1.90 bits per heavy atom. The number of nitrogens with zero attached hydrogens (tertiary/aromatic N) is 3. The molecule has 1 amide bonds. The van der Waals surface area contributed by atoms with Gasteiger partial charge in [0.05, 0.1) is 28.6 Å². The topological polar surface area (TPSA) is 148 Å². The third kappa shape index (κ3) is 6.72. The number of nitrogens with one attached hydrogen (secondary N) is 1. The molecule has 2 heterocycles. The van der Waals surface area contributed by atoms with Gasteiger partial charge in [0.2, 0.25) is 10.0 Å². The number of esters is 1. The minimum atomic E-state index is -3.76. The largest absolute Gasteiger partial charge is 0.449 e. The molecule has 2 aromatic carbocycles. The van der Waals surface area contributed by atoms with Crippen molar-refractivity contribution >= 4 is 39.0 Å². The number of morpholine rings is 1. The van der Waals surface area contributed by atoms with E-state index in [1.807, 2.05) is 4.90 Å². The summed E-state index contributed by atoms with van der Waals surface area (Å²) in [5.41, 5.74) is 0.413. The number of carbonyl (C=O) groups is 2. The maximum atomic E-state index is 12.9. The van der Waals surface area contributed by atoms with Crippen LogP contribution in [-0.4, -0.2) is 75.0 Å². The Balaban J connectivity index is 1.42. The fourth-order valence-corrected chi connectivity index (χ4v) is 6.12. The number of nitro groups is 1. The molecule has 0 bridgehead atoms. The molecule has 39 heavy (non-hydrogen) atoms. The van der Waals surface area contributed by atoms with Crippen LogP contribution in [0.25, 0.3) is 0 Å². The lowest BCUT2D eigenvalue weighted by atomic mass is 9.99. The molecular formula is C26H32N4O8S. The van der Waals surface area contributed by atoms with E-state index in [4.69, 9.17) is 9.47 Å². The van der Waals surface area contributed by atoms with Crippen LogP contribution in [0.2, 0.25) is 0 Å². The number of nitro benzene ring substituents is 1. The lowest BCUT2D eigenvalue weighted by molar-refractivity contribution is -0.384. The monoisotopic (exact) mass is 560 g/mol. The third-order valence-electron chi connectivity index (χ3n) is 6.77. The van der Waals surface area contributed by atoms with Crippen molar-refractivity contribution in [2.45, 2.75) is 37.7 Å². The van der Waals surface area contributed by atoms with Gasteiger partial charge in [0.25, 0.3) is 11.6 Å². The number of hydrogen-bond donors (Lipinski definition) is 1. The predicted molar refractivity (Wildman–Crippen MR) is 143 cm³/mol. The van der Waals surface area contributed by atoms with Crippen molar-refractivity contribution in [2.24, 2.45) is 5.92 Å². The van der Waals surface area contributed by atoms with Crippen LogP contribution in [0.15, 0.2) is 47.4 Å². The van der Waals surface area contributed by atoms with E-state index in [0.717, 1.165) is 12.8 Å². The number of piperidine rings is 1. The van der Waals surface area contributed by atoms with Crippen molar-refractivity contribution < 1.29 is 32.4 Å². The number of benzene rings is 2. The smallest absolute Gasteiger partial charge is 0.339 e. The van der Waals surface area contributed by atoms with Gasteiger partial charge in [-0.1, -0.05) is 13.0 Å². The Labute approximate surface area is 227 Å². The SMILES string of the molecule is C[C@@H]1CCCN(c2ccc(C(=O)O[C@@H](C)C(=O)Nc3cccc(S(=O)(=O)N4CCOCC4)c3)cc2[N+](=O)[O-])C1. The second kappa shape index (κ2) is 12.1. The molecule has 2 fully saturated rings. The summed E-state index contributed by atoms with van der Waals surface area (Å²) in [6.07, 6.45) is 0.734. The molecule has 2 atom stereocenters. The first-order valence-corrected chi connectivity index (χ1v) is 14.2. The van der Waals surface area contributed by atoms with Crippen molar-refractivity contribution in [3.8, 4) is 0 Å². The number of ether oxygens (including phenoxy) is 2. The van der Waals surface area contributed by atoms with Crippen LogP contribution in [0, 0.1) is 16.0 Å². The Bertz CT molecular complexity index is 1340. The number of hydrogen-bond acceptors (Lipinski definition) is 9. The van der Waals surface area contributed by atoms with Gasteiger partial charge < -0.3 is 19.7 Å². The second-order valence-electron chi connectivity index (χ2n) is 9.74. The highest BCUT2D eigenvalue weighted by molar-refractivity contribution is 7.89. The number of anilines is 2. The van der Waals surface area contributed by atoms with E-state index >= 15 is 0 Å². The minimum Gasteiger partial charge on any atom is -0.449 e. The standard InChI is InChI=1S/C26H32N4O8S/c1-18-5-4-10-28(17-18)23-9-8-20(15-24(23)30(33)34)26(32)38-19(2)25(31)27-21-6-3-7-22(16-21)39(35,36)29-11-13-37-14-12-29/h3,6-9,15-16,18-19H,4-5,10-14,17H2,1-2H3,(H,27,31)/t18-,19+/m1/s1. The average molecular weight is 561 g/mol. The summed E-state index contributed by atoms with van der Waals surface area (Å²) < 4.78 is 37.6. The van der Waals surface area contributed by atoms with E-state index in [1.165, 1.54) is 53.7 Å². The molecule has 2 aromatic rings. The second-order valence-corrected chi connectivity index (χ2v) is 11.7. The molecular weight excluding hydrogens is 528 g/mol. The maximum absolute atomic E-state index is 12.9. The van der Waals surface area contributed by atoms with Crippen molar-refractivity contribution in [3.05, 3.63) is 58.1 Å². The predicted octanol–water partition coefficient (Wildman–Crippen LogP) is 3.04. The first kappa shape index (κ1) is 28.5. The molecule has 13 heteroatoms. The summed E-state index contributed by atoms with van der Waals surface area (Å²) in [6, 6.07) is 9.96. The highest BCUT2D eigenvalue weighted by Gasteiger charge is 2.28. The van der Waals surface area contributed by atoms with Gasteiger partial charge in [0.15, 0.2) is 6.10 Å². The summed E-state index contributed by atoms with van der Waals surface area (Å²) in [4.78, 5) is 38.7. The fourth-order valence-electron chi connectivity index (χ4n) is 4.67. The Hall–Kier alpha value is -3.55. The van der Waals surface area contributed by atoms with Crippen LogP contribution >= 0.6 is 0 Å². The van der Waals surface area contributed by atoms with Crippen LogP contribution < -0.4 is 10.2 Å². The van der Waals surface area contributed by atoms with Gasteiger partial charge in [-0.2, -0.15) is 4.31 Å². The summed E-state index contributed by atoms with van der Waals surface area (Å²) in [6.45, 7) is 5.93. The zero-order valence-corrected chi connectivity index (χ0v) is 22.7. The van der Waals surface area contributed by atoms with Crippen molar-refractivity contribution in [2.75, 3.05) is 49.6 Å². The molecule has 0 radical (unpaired) electrons. The van der Waals surface area contributed by atoms with E-state index in [0.29, 0.717) is 37.9 Å². The molecule has 0 spiro atoms. The molecule has 0 aromatic heterocycles. The molecule has 1 N–H and O–H groups in total. The van der Waals surface area contributed by atoms with E-state index in [9.17, 15) is 28.1 Å². The van der Waals surface area contributed by atoms with Crippen LogP contribution in [0.5, 0.6) is 0 Å². The van der Waals surface area contributed by atoms with Crippen LogP contribution in [0.4, 0.5) is 17.1 Å². The first-order valence-electron chi connectivity index (χ1n) is 12.8. The molecule has 2 aliphatic rings. The van der Waals surface area contributed by atoms with E-state index < -0.39 is 32.9 Å². The van der Waals surface area contributed by atoms with Gasteiger partial charge in [-0.15, -0.1) is 0 Å². The molecule has 210 valence electrons. The molecule has 12 nitrogen and oxygen atoms in total. The van der Waals surface area contributed by atoms with E-state index in [2.05, 4.69) is 12.2 Å². The molecule has 4 rings (SSSR count). The Kier molecular flexibility index (Phi) is 8.83. The van der Waals surface area contributed by atoms with Gasteiger partial charge in [-0.05, 0) is 56.0 Å². The fraction of sp³-hybridized carbons (Fsp3) is 0.462. The van der Waals surface area contributed by atoms with Crippen molar-refractivity contribution in [1.82, 2.24) is 4.31 Å². The lowest BCUT2D eigenvalue weighted by Gasteiger charge is -2.32. The van der Waals surface area contributed by atoms with Crippen LogP contribution in [-0.2, 0) is 24.3 Å². The average Bonchev–Trinajstić information content (AvgIpc) is 2.93. The highest BCUT2D eigenvalue weighted by Crippen LogP contribution is 2.32. The Morgan fingerprint density at radius 1 is 1.15 bits per heavy atom. The maximum Gasteiger partial charge on any atom is 0.339 e. The number of carbonyl (C=O) groups excluding carboxylic acids is 2. The van der Waals surface area contributed by atoms with E-state index in [-0.39, 0.29) is 34.9 Å². The molecule has 0 unspecified atom stereocenters. The molecule has 2 saturated heterocycles. The zero-order valence-electron chi connectivity index (χ0n) is 21.9. The van der Waals surface area contributed by atoms with Gasteiger partial charge in [0, 0.05) is 37.9 Å². The lowest BCUT2D eigenvalue weighted by Crippen LogP contribution is -2.40. The summed E-state index contributed by atoms with van der Waals surface area (Å²) in [7, 11) is -3.76. The Morgan fingerprint density at radius 3 is 2.59 bits per heavy atom. The molecule has 0 aliphatic carbocycles. The normalized spacial score (nSPS) is 19.2. The zero-order chi connectivity index (χ0) is 28.2. The highest BCUT2D eigenvalue weighted by atomic mass is 32.2. The summed E-state index contributed by atoms with van der Waals surface area (Å²) in [5, 5.41) is 14.3. The number of rotatable bonds is 8. The van der Waals surface area contributed by atoms with Crippen molar-refractivity contribution in [3.63, 3.8) is 0 Å². The van der Waals surface area contributed by atoms with Gasteiger partial charge in [0.1, 0.15) is 5.69 Å². The molecule has 0 saturated carbocycles. The number of sulfonamides is 1. The summed E-state index contributed by atoms with van der Waals surface area (Å²) >= 11 is 0. The van der Waals surface area contributed by atoms with Gasteiger partial charge in [-0.25, -0.2) is 13.2 Å². The summed E-state index contributed by atoms with van der Waals surface area (Å²) in [5.74, 6) is -1.16. The number of amides is 1. The molecule has 2 aliphatic heterocycles. The van der Waals surface area contributed by atoms with Crippen LogP contribution in [0.1, 0.15) is 37.0 Å². The minimum absolute atomic E-state index is 0.0161. The van der Waals surface area contributed by atoms with Crippen LogP contribution in [0.3, 0.4) is 0 Å².